The van der Waals surface area contributed by atoms with Crippen LogP contribution in [0, 0.1) is 6.92 Å². The van der Waals surface area contributed by atoms with E-state index in [1.807, 2.05) is 19.0 Å². The van der Waals surface area contributed by atoms with E-state index in [2.05, 4.69) is 10.6 Å². The minimum Gasteiger partial charge on any atom is -0.478 e. The van der Waals surface area contributed by atoms with E-state index in [0.29, 0.717) is 17.8 Å². The molecule has 1 rings (SSSR count). The summed E-state index contributed by atoms with van der Waals surface area (Å²) in [6.07, 6.45) is 0.856. The van der Waals surface area contributed by atoms with E-state index in [-0.39, 0.29) is 11.6 Å². The predicted octanol–water partition coefficient (Wildman–Crippen LogP) is 1.77. The molecule has 0 saturated carbocycles. The van der Waals surface area contributed by atoms with E-state index in [0.717, 1.165) is 13.0 Å². The fraction of sp³-hybridized carbons (Fsp3) is 0.429. The summed E-state index contributed by atoms with van der Waals surface area (Å²) in [7, 11) is 3.95. The van der Waals surface area contributed by atoms with Crippen molar-refractivity contribution in [3.05, 3.63) is 29.3 Å². The second kappa shape index (κ2) is 7.49. The van der Waals surface area contributed by atoms with Crippen LogP contribution in [0.5, 0.6) is 0 Å². The largest absolute Gasteiger partial charge is 0.478 e. The number of anilines is 1. The molecule has 1 aromatic carbocycles. The number of hydrogen-bond acceptors (Lipinski definition) is 3. The number of carboxylic acid groups (broad SMARTS) is 1. The highest BCUT2D eigenvalue weighted by molar-refractivity contribution is 5.95. The first-order valence-corrected chi connectivity index (χ1v) is 6.44. The number of aromatic carboxylic acids is 1. The minimum absolute atomic E-state index is 0.190. The Balaban J connectivity index is 2.54. The topological polar surface area (TPSA) is 81.7 Å². The molecule has 0 fully saturated rings. The number of benzene rings is 1. The van der Waals surface area contributed by atoms with Crippen molar-refractivity contribution in [2.24, 2.45) is 0 Å². The summed E-state index contributed by atoms with van der Waals surface area (Å²) in [6, 6.07) is 4.48. The lowest BCUT2D eigenvalue weighted by atomic mass is 10.1. The number of carbonyl (C=O) groups is 2. The average Bonchev–Trinajstić information content (AvgIpc) is 2.36. The summed E-state index contributed by atoms with van der Waals surface area (Å²) in [5.41, 5.74) is 1.24. The molecule has 0 radical (unpaired) electrons. The lowest BCUT2D eigenvalue weighted by molar-refractivity contribution is 0.0696. The highest BCUT2D eigenvalue weighted by Crippen LogP contribution is 2.18. The van der Waals surface area contributed by atoms with Gasteiger partial charge >= 0.3 is 12.0 Å². The molecule has 0 aliphatic heterocycles. The molecule has 6 nitrogen and oxygen atoms in total. The zero-order valence-corrected chi connectivity index (χ0v) is 12.1. The van der Waals surface area contributed by atoms with Gasteiger partial charge in [-0.3, -0.25) is 0 Å². The number of nitrogens with one attached hydrogen (secondary N) is 2. The molecule has 110 valence electrons. The number of amides is 2. The van der Waals surface area contributed by atoms with Crippen LogP contribution in [0.15, 0.2) is 18.2 Å². The standard InChI is InChI=1S/C14H21N3O3/c1-10-11(13(18)19)6-4-7-12(10)16-14(20)15-8-5-9-17(2)3/h4,6-7H,5,8-9H2,1-3H3,(H,18,19)(H2,15,16,20). The summed E-state index contributed by atoms with van der Waals surface area (Å²) in [4.78, 5) is 24.8. The number of rotatable bonds is 6. The second-order valence-corrected chi connectivity index (χ2v) is 4.82. The molecule has 3 N–H and O–H groups in total. The molecular formula is C14H21N3O3. The van der Waals surface area contributed by atoms with Crippen LogP contribution in [0.25, 0.3) is 0 Å². The normalized spacial score (nSPS) is 10.4. The van der Waals surface area contributed by atoms with Crippen LogP contribution < -0.4 is 10.6 Å². The summed E-state index contributed by atoms with van der Waals surface area (Å²) in [5.74, 6) is -1.00. The van der Waals surface area contributed by atoms with Crippen molar-refractivity contribution in [1.82, 2.24) is 10.2 Å². The Morgan fingerprint density at radius 1 is 1.30 bits per heavy atom. The van der Waals surface area contributed by atoms with Crippen molar-refractivity contribution in [1.29, 1.82) is 0 Å². The summed E-state index contributed by atoms with van der Waals surface area (Å²) < 4.78 is 0. The molecule has 6 heteroatoms. The number of hydrogen-bond donors (Lipinski definition) is 3. The van der Waals surface area contributed by atoms with Gasteiger partial charge in [-0.15, -0.1) is 0 Å². The molecule has 20 heavy (non-hydrogen) atoms. The smallest absolute Gasteiger partial charge is 0.336 e. The maximum atomic E-state index is 11.7. The van der Waals surface area contributed by atoms with Crippen molar-refractivity contribution >= 4 is 17.7 Å². The molecule has 2 amide bonds. The second-order valence-electron chi connectivity index (χ2n) is 4.82. The zero-order valence-electron chi connectivity index (χ0n) is 12.1. The summed E-state index contributed by atoms with van der Waals surface area (Å²) in [5, 5.41) is 14.4. The first-order valence-electron chi connectivity index (χ1n) is 6.44. The summed E-state index contributed by atoms with van der Waals surface area (Å²) in [6.45, 7) is 3.14. The fourth-order valence-electron chi connectivity index (χ4n) is 1.77. The van der Waals surface area contributed by atoms with Crippen molar-refractivity contribution in [2.75, 3.05) is 32.5 Å². The van der Waals surface area contributed by atoms with Gasteiger partial charge in [0.05, 0.1) is 5.56 Å². The van der Waals surface area contributed by atoms with Gasteiger partial charge in [0, 0.05) is 12.2 Å². The SMILES string of the molecule is Cc1c(NC(=O)NCCCN(C)C)cccc1C(=O)O. The van der Waals surface area contributed by atoms with E-state index in [9.17, 15) is 9.59 Å². The van der Waals surface area contributed by atoms with Gasteiger partial charge in [-0.2, -0.15) is 0 Å². The number of nitrogens with zero attached hydrogens (tertiary/aromatic N) is 1. The molecule has 0 atom stereocenters. The van der Waals surface area contributed by atoms with Crippen molar-refractivity contribution in [3.8, 4) is 0 Å². The highest BCUT2D eigenvalue weighted by atomic mass is 16.4. The Kier molecular flexibility index (Phi) is 5.99. The van der Waals surface area contributed by atoms with Crippen LogP contribution in [-0.2, 0) is 0 Å². The third-order valence-electron chi connectivity index (χ3n) is 2.88. The van der Waals surface area contributed by atoms with Crippen molar-refractivity contribution < 1.29 is 14.7 Å². The van der Waals surface area contributed by atoms with Gasteiger partial charge in [0.25, 0.3) is 0 Å². The van der Waals surface area contributed by atoms with Gasteiger partial charge in [0.2, 0.25) is 0 Å². The van der Waals surface area contributed by atoms with Crippen LogP contribution in [0.4, 0.5) is 10.5 Å². The fourth-order valence-corrected chi connectivity index (χ4v) is 1.77. The van der Waals surface area contributed by atoms with Crippen molar-refractivity contribution in [2.45, 2.75) is 13.3 Å². The lowest BCUT2D eigenvalue weighted by Crippen LogP contribution is -2.31. The highest BCUT2D eigenvalue weighted by Gasteiger charge is 2.11. The quantitative estimate of drug-likeness (QED) is 0.693. The van der Waals surface area contributed by atoms with Gasteiger partial charge in [-0.25, -0.2) is 9.59 Å². The monoisotopic (exact) mass is 279 g/mol. The van der Waals surface area contributed by atoms with E-state index in [4.69, 9.17) is 5.11 Å². The van der Waals surface area contributed by atoms with E-state index >= 15 is 0 Å². The Labute approximate surface area is 118 Å². The first kappa shape index (κ1) is 16.0. The third-order valence-corrected chi connectivity index (χ3v) is 2.88. The van der Waals surface area contributed by atoms with E-state index in [1.165, 1.54) is 6.07 Å². The number of carbonyl (C=O) groups excluding carboxylic acids is 1. The van der Waals surface area contributed by atoms with Crippen LogP contribution in [-0.4, -0.2) is 49.2 Å². The maximum Gasteiger partial charge on any atom is 0.336 e. The first-order chi connectivity index (χ1) is 9.41. The van der Waals surface area contributed by atoms with Crippen LogP contribution >= 0.6 is 0 Å². The van der Waals surface area contributed by atoms with Gasteiger partial charge in [-0.1, -0.05) is 6.07 Å². The average molecular weight is 279 g/mol. The molecule has 0 heterocycles. The van der Waals surface area contributed by atoms with Crippen LogP contribution in [0.2, 0.25) is 0 Å². The van der Waals surface area contributed by atoms with E-state index in [1.54, 1.807) is 19.1 Å². The molecule has 0 aliphatic rings. The molecular weight excluding hydrogens is 258 g/mol. The summed E-state index contributed by atoms with van der Waals surface area (Å²) >= 11 is 0. The molecule has 0 aromatic heterocycles. The van der Waals surface area contributed by atoms with Gasteiger partial charge in [0.15, 0.2) is 0 Å². The maximum absolute atomic E-state index is 11.7. The Morgan fingerprint density at radius 2 is 2.00 bits per heavy atom. The molecule has 0 unspecified atom stereocenters. The molecule has 0 spiro atoms. The van der Waals surface area contributed by atoms with E-state index < -0.39 is 5.97 Å². The predicted molar refractivity (Wildman–Crippen MR) is 78.3 cm³/mol. The van der Waals surface area contributed by atoms with Gasteiger partial charge in [0.1, 0.15) is 0 Å². The van der Waals surface area contributed by atoms with Crippen LogP contribution in [0.1, 0.15) is 22.3 Å². The van der Waals surface area contributed by atoms with Gasteiger partial charge in [-0.05, 0) is 51.7 Å². The lowest BCUT2D eigenvalue weighted by Gasteiger charge is -2.12. The molecule has 1 aromatic rings. The number of urea groups is 1. The van der Waals surface area contributed by atoms with Crippen molar-refractivity contribution in [3.63, 3.8) is 0 Å². The Hall–Kier alpha value is -2.08. The third kappa shape index (κ3) is 4.89. The van der Waals surface area contributed by atoms with Gasteiger partial charge < -0.3 is 20.6 Å². The Morgan fingerprint density at radius 3 is 2.60 bits per heavy atom. The minimum atomic E-state index is -1.00. The number of carboxylic acids is 1. The molecule has 0 bridgehead atoms. The molecule has 0 aliphatic carbocycles. The van der Waals surface area contributed by atoms with Crippen LogP contribution in [0.3, 0.4) is 0 Å². The zero-order chi connectivity index (χ0) is 15.1. The Bertz CT molecular complexity index is 487. The molecule has 0 saturated heterocycles.